The summed E-state index contributed by atoms with van der Waals surface area (Å²) in [7, 11) is 2.93. The molecule has 2 aromatic carbocycles. The molecule has 1 amide bonds. The van der Waals surface area contributed by atoms with Crippen LogP contribution in [0.2, 0.25) is 5.02 Å². The number of halogens is 1. The maximum absolute atomic E-state index is 14.1. The zero-order valence-corrected chi connectivity index (χ0v) is 23.0. The first kappa shape index (κ1) is 28.2. The van der Waals surface area contributed by atoms with Crippen molar-refractivity contribution in [1.29, 1.82) is 0 Å². The maximum atomic E-state index is 14.1. The first-order valence-electron chi connectivity index (χ1n) is 12.3. The molecule has 0 bridgehead atoms. The van der Waals surface area contributed by atoms with Gasteiger partial charge in [-0.15, -0.1) is 11.8 Å². The van der Waals surface area contributed by atoms with Gasteiger partial charge in [-0.25, -0.2) is 0 Å². The molecule has 3 unspecified atom stereocenters. The first-order chi connectivity index (χ1) is 18.8. The average molecular weight is 587 g/mol. The van der Waals surface area contributed by atoms with Crippen LogP contribution in [-0.2, 0) is 14.4 Å². The van der Waals surface area contributed by atoms with E-state index in [4.69, 9.17) is 17.3 Å². The van der Waals surface area contributed by atoms with Crippen molar-refractivity contribution in [2.45, 2.75) is 28.6 Å². The third-order valence-corrected chi connectivity index (χ3v) is 9.42. The summed E-state index contributed by atoms with van der Waals surface area (Å²) in [5.74, 6) is -8.98. The first-order valence-corrected chi connectivity index (χ1v) is 13.7. The Bertz CT molecular complexity index is 1500. The molecule has 10 nitrogen and oxygen atoms in total. The zero-order valence-electron chi connectivity index (χ0n) is 21.4. The lowest BCUT2D eigenvalue weighted by atomic mass is 9.54. The lowest BCUT2D eigenvalue weighted by molar-refractivity contribution is -0.169. The number of amides is 1. The van der Waals surface area contributed by atoms with Gasteiger partial charge in [0.1, 0.15) is 22.8 Å². The molecule has 0 aromatic heterocycles. The molecule has 0 aliphatic heterocycles. The summed E-state index contributed by atoms with van der Waals surface area (Å²) in [5, 5.41) is 57.3. The molecule has 0 saturated heterocycles. The second-order valence-electron chi connectivity index (χ2n) is 10.4. The van der Waals surface area contributed by atoms with E-state index in [-0.39, 0.29) is 17.1 Å². The molecule has 3 aliphatic rings. The average Bonchev–Trinajstić information content (AvgIpc) is 2.89. The molecule has 0 heterocycles. The van der Waals surface area contributed by atoms with Crippen LogP contribution in [0.3, 0.4) is 0 Å². The Morgan fingerprint density at radius 1 is 1.10 bits per heavy atom. The second kappa shape index (κ2) is 9.93. The van der Waals surface area contributed by atoms with E-state index >= 15 is 0 Å². The highest BCUT2D eigenvalue weighted by molar-refractivity contribution is 7.99. The number of Topliss-reactive ketones (excluding diaryl/α,β-unsaturated/α-hetero) is 2. The Labute approximate surface area is 238 Å². The molecule has 1 saturated carbocycles. The molecule has 0 radical (unpaired) electrons. The zero-order chi connectivity index (χ0) is 29.3. The number of nitrogens with two attached hydrogens (primary N) is 1. The van der Waals surface area contributed by atoms with Crippen LogP contribution < -0.4 is 5.73 Å². The number of primary amides is 1. The molecule has 0 spiro atoms. The minimum absolute atomic E-state index is 0.0484. The molecule has 40 heavy (non-hydrogen) atoms. The molecule has 2 aromatic rings. The number of aliphatic hydroxyl groups excluding tert-OH is 3. The fraction of sp³-hybridized carbons (Fsp3) is 0.321. The van der Waals surface area contributed by atoms with E-state index in [0.717, 1.165) is 4.90 Å². The van der Waals surface area contributed by atoms with Gasteiger partial charge in [0.05, 0.1) is 23.6 Å². The second-order valence-corrected chi connectivity index (χ2v) is 11.9. The topological polar surface area (TPSA) is 182 Å². The minimum Gasteiger partial charge on any atom is -0.508 e. The number of nitrogens with zero attached hydrogens (tertiary/aromatic N) is 1. The Morgan fingerprint density at radius 2 is 1.75 bits per heavy atom. The fourth-order valence-electron chi connectivity index (χ4n) is 6.31. The van der Waals surface area contributed by atoms with Gasteiger partial charge in [0.2, 0.25) is 5.78 Å². The van der Waals surface area contributed by atoms with Gasteiger partial charge in [0.15, 0.2) is 11.4 Å². The Hall–Kier alpha value is -3.35. The van der Waals surface area contributed by atoms with Crippen molar-refractivity contribution in [3.8, 4) is 5.75 Å². The molecule has 12 heteroatoms. The van der Waals surface area contributed by atoms with Crippen molar-refractivity contribution < 1.29 is 39.9 Å². The van der Waals surface area contributed by atoms with Gasteiger partial charge in [0.25, 0.3) is 5.91 Å². The lowest BCUT2D eigenvalue weighted by Crippen LogP contribution is -2.70. The number of thioether (sulfide) groups is 1. The van der Waals surface area contributed by atoms with Crippen molar-refractivity contribution in [1.82, 2.24) is 4.90 Å². The van der Waals surface area contributed by atoms with Gasteiger partial charge in [-0.2, -0.15) is 0 Å². The van der Waals surface area contributed by atoms with Crippen LogP contribution >= 0.6 is 23.4 Å². The summed E-state index contributed by atoms with van der Waals surface area (Å²) >= 11 is 7.39. The maximum Gasteiger partial charge on any atom is 0.255 e. The Balaban J connectivity index is 1.73. The number of aliphatic hydroxyl groups is 4. The van der Waals surface area contributed by atoms with Crippen LogP contribution in [0.25, 0.3) is 5.76 Å². The van der Waals surface area contributed by atoms with Gasteiger partial charge in [0, 0.05) is 33.1 Å². The molecular weight excluding hydrogens is 560 g/mol. The summed E-state index contributed by atoms with van der Waals surface area (Å²) < 4.78 is 0. The van der Waals surface area contributed by atoms with E-state index in [1.54, 1.807) is 36.4 Å². The molecule has 5 rings (SSSR count). The number of benzene rings is 2. The predicted octanol–water partition coefficient (Wildman–Crippen LogP) is 1.92. The van der Waals surface area contributed by atoms with Gasteiger partial charge in [-0.1, -0.05) is 23.7 Å². The number of hydrogen-bond acceptors (Lipinski definition) is 10. The van der Waals surface area contributed by atoms with Gasteiger partial charge in [-0.05, 0) is 50.0 Å². The molecular formula is C28H27ClN2O8S. The Morgan fingerprint density at radius 3 is 2.35 bits per heavy atom. The van der Waals surface area contributed by atoms with Crippen molar-refractivity contribution in [2.75, 3.05) is 19.8 Å². The highest BCUT2D eigenvalue weighted by Crippen LogP contribution is 2.56. The number of phenols is 1. The summed E-state index contributed by atoms with van der Waals surface area (Å²) in [4.78, 5) is 41.8. The van der Waals surface area contributed by atoms with Crippen molar-refractivity contribution in [3.63, 3.8) is 0 Å². The summed E-state index contributed by atoms with van der Waals surface area (Å²) in [6, 6.07) is 10.1. The standard InChI is InChI=1S/C28H27ClN2O8S/c1-31(2)21-20-23(34)17-14(10-40-12-8-6-11(29)7-9-12)13-4-3-5-15(32)16(13)22(33)18(17)25(36)28(20,39)26(37)19(24(21)35)27(30)38/h3-9,14,17,20-21,23,32-34,37,39H,10H2,1-2H3,(H2,30,38)/t14-,17?,20?,21-,23?,28-/m0/s1. The third kappa shape index (κ3) is 3.95. The Kier molecular flexibility index (Phi) is 7.00. The van der Waals surface area contributed by atoms with Crippen molar-refractivity contribution in [2.24, 2.45) is 17.6 Å². The molecule has 210 valence electrons. The number of hydrogen-bond donors (Lipinski definition) is 6. The number of phenolic OH excluding ortho intramolecular Hbond substituents is 1. The van der Waals surface area contributed by atoms with Gasteiger partial charge >= 0.3 is 0 Å². The monoisotopic (exact) mass is 586 g/mol. The molecule has 3 aliphatic carbocycles. The van der Waals surface area contributed by atoms with Crippen LogP contribution in [0.4, 0.5) is 0 Å². The van der Waals surface area contributed by atoms with Crippen LogP contribution in [-0.4, -0.2) is 85.5 Å². The quantitative estimate of drug-likeness (QED) is 0.224. The number of likely N-dealkylation sites (N-methyl/N-ethyl adjacent to an activating group) is 1. The van der Waals surface area contributed by atoms with E-state index in [9.17, 15) is 39.9 Å². The van der Waals surface area contributed by atoms with Crippen LogP contribution in [0.1, 0.15) is 17.0 Å². The van der Waals surface area contributed by atoms with Crippen LogP contribution in [0.5, 0.6) is 5.75 Å². The van der Waals surface area contributed by atoms with E-state index in [1.165, 1.54) is 36.8 Å². The largest absolute Gasteiger partial charge is 0.508 e. The fourth-order valence-corrected chi connectivity index (χ4v) is 7.52. The highest BCUT2D eigenvalue weighted by Gasteiger charge is 2.68. The van der Waals surface area contributed by atoms with Crippen LogP contribution in [0, 0.1) is 11.8 Å². The van der Waals surface area contributed by atoms with Crippen molar-refractivity contribution >= 4 is 46.6 Å². The molecule has 1 fully saturated rings. The van der Waals surface area contributed by atoms with E-state index < -0.39 is 75.6 Å². The van der Waals surface area contributed by atoms with Crippen molar-refractivity contribution in [3.05, 3.63) is 75.5 Å². The highest BCUT2D eigenvalue weighted by atomic mass is 35.5. The van der Waals surface area contributed by atoms with E-state index in [0.29, 0.717) is 10.6 Å². The number of fused-ring (bicyclic) bond motifs is 3. The number of carbonyl (C=O) groups excluding carboxylic acids is 3. The third-order valence-electron chi connectivity index (χ3n) is 8.04. The smallest absolute Gasteiger partial charge is 0.255 e. The van der Waals surface area contributed by atoms with E-state index in [1.807, 2.05) is 0 Å². The summed E-state index contributed by atoms with van der Waals surface area (Å²) in [5.41, 5.74) is 1.42. The number of carbonyl (C=O) groups is 3. The van der Waals surface area contributed by atoms with Gasteiger partial charge < -0.3 is 31.3 Å². The SMILES string of the molecule is CN(C)[C@@H]1C(=O)C(C(N)=O)=C(O)[C@@]2(O)C(=O)C3=C(O)c4c(O)cccc4[C@H](CSc4ccc(Cl)cc4)C3C(O)C12. The van der Waals surface area contributed by atoms with E-state index in [2.05, 4.69) is 0 Å². The lowest BCUT2D eigenvalue weighted by Gasteiger charge is -2.54. The number of aromatic hydroxyl groups is 1. The van der Waals surface area contributed by atoms with Gasteiger partial charge in [-0.3, -0.25) is 19.3 Å². The predicted molar refractivity (Wildman–Crippen MR) is 147 cm³/mol. The minimum atomic E-state index is -2.96. The summed E-state index contributed by atoms with van der Waals surface area (Å²) in [6.07, 6.45) is -1.67. The molecule has 7 N–H and O–H groups in total. The number of ketones is 2. The summed E-state index contributed by atoms with van der Waals surface area (Å²) in [6.45, 7) is 0. The van der Waals surface area contributed by atoms with Crippen LogP contribution in [0.15, 0.2) is 64.3 Å². The normalized spacial score (nSPS) is 29.8. The number of rotatable bonds is 5. The molecule has 6 atom stereocenters.